The number of ether oxygens (including phenoxy) is 2. The van der Waals surface area contributed by atoms with E-state index in [1.807, 2.05) is 6.92 Å². The van der Waals surface area contributed by atoms with E-state index in [1.165, 1.54) is 0 Å². The van der Waals surface area contributed by atoms with Crippen molar-refractivity contribution in [3.8, 4) is 0 Å². The number of alkyl halides is 6. The van der Waals surface area contributed by atoms with Gasteiger partial charge in [-0.3, -0.25) is 4.79 Å². The van der Waals surface area contributed by atoms with E-state index in [4.69, 9.17) is 9.47 Å². The Bertz CT molecular complexity index is 656. The smallest absolute Gasteiger partial charge is 0.428 e. The van der Waals surface area contributed by atoms with E-state index in [0.717, 1.165) is 6.42 Å². The third-order valence-corrected chi connectivity index (χ3v) is 7.22. The van der Waals surface area contributed by atoms with Crippen LogP contribution in [0.25, 0.3) is 0 Å². The van der Waals surface area contributed by atoms with Crippen LogP contribution in [0.2, 0.25) is 0 Å². The lowest BCUT2D eigenvalue weighted by molar-refractivity contribution is -0.386. The molecule has 30 heavy (non-hydrogen) atoms. The summed E-state index contributed by atoms with van der Waals surface area (Å²) in [6.45, 7) is 3.37. The van der Waals surface area contributed by atoms with Crippen molar-refractivity contribution >= 4 is 5.97 Å². The van der Waals surface area contributed by atoms with Crippen LogP contribution in [0.5, 0.6) is 0 Å². The molecule has 1 N–H and O–H groups in total. The largest absolute Gasteiger partial charge is 0.459 e. The average Bonchev–Trinajstić information content (AvgIpc) is 2.56. The molecule has 4 fully saturated rings. The van der Waals surface area contributed by atoms with Gasteiger partial charge in [0, 0.05) is 6.42 Å². The van der Waals surface area contributed by atoms with Crippen molar-refractivity contribution in [2.45, 2.75) is 94.9 Å². The maximum Gasteiger partial charge on any atom is 0.428 e. The van der Waals surface area contributed by atoms with Gasteiger partial charge in [-0.1, -0.05) is 6.92 Å². The molecule has 174 valence electrons. The molecule has 0 aromatic rings. The SMILES string of the molecule is CCC(C)(C)C(=O)OC12CC3CC(CC(OCC(O)(C(F)(F)F)C(F)(F)F)(C3)C1)C2. The van der Waals surface area contributed by atoms with Gasteiger partial charge in [-0.2, -0.15) is 26.3 Å². The summed E-state index contributed by atoms with van der Waals surface area (Å²) in [6.07, 6.45) is -8.84. The number of carbonyl (C=O) groups is 1. The fraction of sp³-hybridized carbons (Fsp3) is 0.950. The molecule has 4 aliphatic rings. The summed E-state index contributed by atoms with van der Waals surface area (Å²) >= 11 is 0. The predicted octanol–water partition coefficient (Wildman–Crippen LogP) is 4.93. The summed E-state index contributed by atoms with van der Waals surface area (Å²) in [4.78, 5) is 12.7. The Morgan fingerprint density at radius 3 is 1.87 bits per heavy atom. The highest BCUT2D eigenvalue weighted by Crippen LogP contribution is 2.61. The van der Waals surface area contributed by atoms with Gasteiger partial charge in [0.25, 0.3) is 5.60 Å². The van der Waals surface area contributed by atoms with Crippen LogP contribution >= 0.6 is 0 Å². The van der Waals surface area contributed by atoms with Crippen LogP contribution in [0, 0.1) is 17.3 Å². The fourth-order valence-corrected chi connectivity index (χ4v) is 5.45. The van der Waals surface area contributed by atoms with Crippen molar-refractivity contribution in [1.29, 1.82) is 0 Å². The molecule has 4 nitrogen and oxygen atoms in total. The standard InChI is InChI=1S/C20H28F6O4/c1-4-15(2,3)14(27)30-17-8-12-5-13(9-17)7-16(6-12,10-17)29-11-18(28,19(21,22)23)20(24,25)26/h12-13,28H,4-11H2,1-3H3. The minimum atomic E-state index is -5.93. The van der Waals surface area contributed by atoms with E-state index in [-0.39, 0.29) is 18.3 Å². The van der Waals surface area contributed by atoms with Crippen LogP contribution in [0.15, 0.2) is 0 Å². The van der Waals surface area contributed by atoms with E-state index < -0.39 is 47.1 Å². The molecular weight excluding hydrogens is 418 g/mol. The number of aliphatic hydroxyl groups is 1. The molecule has 4 saturated carbocycles. The fourth-order valence-electron chi connectivity index (χ4n) is 5.45. The Balaban J connectivity index is 1.82. The van der Waals surface area contributed by atoms with Gasteiger partial charge in [0.05, 0.1) is 17.6 Å². The Morgan fingerprint density at radius 1 is 0.967 bits per heavy atom. The second kappa shape index (κ2) is 6.98. The van der Waals surface area contributed by atoms with Gasteiger partial charge < -0.3 is 14.6 Å². The van der Waals surface area contributed by atoms with Gasteiger partial charge in [0.2, 0.25) is 0 Å². The molecule has 2 atom stereocenters. The lowest BCUT2D eigenvalue weighted by Crippen LogP contribution is -2.65. The van der Waals surface area contributed by atoms with Crippen LogP contribution in [-0.4, -0.2) is 46.8 Å². The highest BCUT2D eigenvalue weighted by molar-refractivity contribution is 5.76. The first kappa shape index (κ1) is 23.6. The molecule has 10 heteroatoms. The monoisotopic (exact) mass is 446 g/mol. The molecule has 0 spiro atoms. The summed E-state index contributed by atoms with van der Waals surface area (Å²) in [5.41, 5.74) is -7.91. The average molecular weight is 446 g/mol. The van der Waals surface area contributed by atoms with Crippen LogP contribution < -0.4 is 0 Å². The van der Waals surface area contributed by atoms with Crippen molar-refractivity contribution in [3.63, 3.8) is 0 Å². The number of esters is 1. The highest BCUT2D eigenvalue weighted by atomic mass is 19.4. The molecule has 0 saturated heterocycles. The summed E-state index contributed by atoms with van der Waals surface area (Å²) in [7, 11) is 0. The van der Waals surface area contributed by atoms with Crippen molar-refractivity contribution in [3.05, 3.63) is 0 Å². The third-order valence-electron chi connectivity index (χ3n) is 7.22. The second-order valence-corrected chi connectivity index (χ2v) is 10.1. The molecule has 0 radical (unpaired) electrons. The van der Waals surface area contributed by atoms with E-state index >= 15 is 0 Å². The number of hydrogen-bond donors (Lipinski definition) is 1. The zero-order valence-electron chi connectivity index (χ0n) is 17.3. The van der Waals surface area contributed by atoms with Crippen LogP contribution in [0.4, 0.5) is 26.3 Å². The summed E-state index contributed by atoms with van der Waals surface area (Å²) in [5, 5.41) is 9.47. The second-order valence-electron chi connectivity index (χ2n) is 10.1. The Kier molecular flexibility index (Phi) is 5.50. The van der Waals surface area contributed by atoms with E-state index in [2.05, 4.69) is 0 Å². The quantitative estimate of drug-likeness (QED) is 0.464. The first-order valence-corrected chi connectivity index (χ1v) is 10.2. The van der Waals surface area contributed by atoms with Crippen molar-refractivity contribution in [2.24, 2.45) is 17.3 Å². The van der Waals surface area contributed by atoms with E-state index in [9.17, 15) is 36.2 Å². The van der Waals surface area contributed by atoms with Gasteiger partial charge in [-0.05, 0) is 64.2 Å². The van der Waals surface area contributed by atoms with Crippen molar-refractivity contribution < 1.29 is 45.7 Å². The first-order chi connectivity index (χ1) is 13.5. The third kappa shape index (κ3) is 3.94. The van der Waals surface area contributed by atoms with Gasteiger partial charge >= 0.3 is 18.3 Å². The van der Waals surface area contributed by atoms with Crippen LogP contribution in [0.1, 0.15) is 65.7 Å². The van der Waals surface area contributed by atoms with Gasteiger partial charge in [-0.25, -0.2) is 0 Å². The molecule has 4 bridgehead atoms. The molecule has 0 aromatic carbocycles. The molecule has 0 aromatic heterocycles. The van der Waals surface area contributed by atoms with Gasteiger partial charge in [0.15, 0.2) is 0 Å². The van der Waals surface area contributed by atoms with Crippen molar-refractivity contribution in [1.82, 2.24) is 0 Å². The van der Waals surface area contributed by atoms with Crippen molar-refractivity contribution in [2.75, 3.05) is 6.61 Å². The zero-order valence-corrected chi connectivity index (χ0v) is 17.3. The number of halogens is 6. The van der Waals surface area contributed by atoms with Gasteiger partial charge in [-0.15, -0.1) is 0 Å². The Hall–Kier alpha value is -1.03. The predicted molar refractivity (Wildman–Crippen MR) is 93.3 cm³/mol. The Labute approximate surface area is 171 Å². The Morgan fingerprint density at radius 2 is 1.43 bits per heavy atom. The zero-order chi connectivity index (χ0) is 22.8. The molecule has 0 heterocycles. The van der Waals surface area contributed by atoms with E-state index in [1.54, 1.807) is 13.8 Å². The lowest BCUT2D eigenvalue weighted by atomic mass is 9.52. The summed E-state index contributed by atoms with van der Waals surface area (Å²) in [5.74, 6) is -0.438. The molecule has 0 aliphatic heterocycles. The number of rotatable bonds is 6. The number of hydrogen-bond acceptors (Lipinski definition) is 4. The summed E-state index contributed by atoms with van der Waals surface area (Å²) < 4.78 is 89.5. The molecule has 4 aliphatic carbocycles. The van der Waals surface area contributed by atoms with E-state index in [0.29, 0.717) is 32.1 Å². The van der Waals surface area contributed by atoms with Gasteiger partial charge in [0.1, 0.15) is 5.60 Å². The maximum absolute atomic E-state index is 13.1. The van der Waals surface area contributed by atoms with Crippen LogP contribution in [-0.2, 0) is 14.3 Å². The molecule has 2 unspecified atom stereocenters. The normalized spacial score (nSPS) is 34.3. The topological polar surface area (TPSA) is 55.8 Å². The molecule has 4 rings (SSSR count). The lowest BCUT2D eigenvalue weighted by Gasteiger charge is -2.61. The molecular formula is C20H28F6O4. The minimum absolute atomic E-state index is 0.00587. The highest BCUT2D eigenvalue weighted by Gasteiger charge is 2.72. The minimum Gasteiger partial charge on any atom is -0.459 e. The first-order valence-electron chi connectivity index (χ1n) is 10.2. The number of carbonyl (C=O) groups excluding carboxylic acids is 1. The summed E-state index contributed by atoms with van der Waals surface area (Å²) in [6, 6.07) is 0. The van der Waals surface area contributed by atoms with Crippen LogP contribution in [0.3, 0.4) is 0 Å². The maximum atomic E-state index is 13.1. The molecule has 0 amide bonds.